The van der Waals surface area contributed by atoms with Gasteiger partial charge in [0.05, 0.1) is 6.61 Å². The normalized spacial score (nSPS) is 12.0. The Hall–Kier alpha value is -2.53. The summed E-state index contributed by atoms with van der Waals surface area (Å²) in [5.74, 6) is 0.0401. The zero-order valence-electron chi connectivity index (χ0n) is 17.7. The minimum Gasteiger partial charge on any atom is -0.436 e. The molecule has 0 amide bonds. The van der Waals surface area contributed by atoms with Crippen LogP contribution in [0.25, 0.3) is 0 Å². The Morgan fingerprint density at radius 2 is 1.45 bits per heavy atom. The third-order valence-corrected chi connectivity index (χ3v) is 10.1. The summed E-state index contributed by atoms with van der Waals surface area (Å²) >= 11 is 0. The minimum absolute atomic E-state index is 0.0401. The number of benzene rings is 3. The first-order chi connectivity index (χ1) is 14.7. The number of rotatable bonds is 7. The standard InChI is InChI=1S/C24H25O5PS/c1-4-29-24(25)30(20-11-7-5-8-12-20,21-13-9-6-10-14-21)22-16-15-19(18(2)3)17-23(22)31(26,27)28/h5-18H,4H2,1-3H3/p+1. The average molecular weight is 458 g/mol. The van der Waals surface area contributed by atoms with Gasteiger partial charge in [-0.2, -0.15) is 8.42 Å². The van der Waals surface area contributed by atoms with Crippen LogP contribution in [-0.2, 0) is 14.9 Å². The van der Waals surface area contributed by atoms with Crippen LogP contribution in [0.15, 0.2) is 83.8 Å². The maximum absolute atomic E-state index is 13.7. The fourth-order valence-electron chi connectivity index (χ4n) is 3.63. The lowest BCUT2D eigenvalue weighted by atomic mass is 10.0. The van der Waals surface area contributed by atoms with Crippen LogP contribution in [-0.4, -0.2) is 25.3 Å². The fraction of sp³-hybridized carbons (Fsp3) is 0.208. The molecular weight excluding hydrogens is 431 g/mol. The van der Waals surface area contributed by atoms with Gasteiger partial charge in [-0.1, -0.05) is 56.3 Å². The van der Waals surface area contributed by atoms with Crippen molar-refractivity contribution in [2.24, 2.45) is 0 Å². The van der Waals surface area contributed by atoms with Crippen molar-refractivity contribution in [2.75, 3.05) is 6.61 Å². The van der Waals surface area contributed by atoms with Crippen molar-refractivity contribution in [3.05, 3.63) is 84.4 Å². The van der Waals surface area contributed by atoms with Crippen molar-refractivity contribution in [1.82, 2.24) is 0 Å². The quantitative estimate of drug-likeness (QED) is 0.417. The highest BCUT2D eigenvalue weighted by molar-refractivity contribution is 8.08. The third-order valence-electron chi connectivity index (χ3n) is 5.12. The lowest BCUT2D eigenvalue weighted by Crippen LogP contribution is -2.39. The molecule has 3 aromatic rings. The molecular formula is C24H26O5PS+. The first-order valence-corrected chi connectivity index (χ1v) is 13.3. The second-order valence-electron chi connectivity index (χ2n) is 7.40. The van der Waals surface area contributed by atoms with E-state index in [1.807, 2.05) is 80.6 Å². The third kappa shape index (κ3) is 4.42. The van der Waals surface area contributed by atoms with Crippen LogP contribution >= 0.6 is 7.26 Å². The van der Waals surface area contributed by atoms with E-state index in [0.29, 0.717) is 10.6 Å². The molecule has 162 valence electrons. The van der Waals surface area contributed by atoms with Crippen molar-refractivity contribution in [3.8, 4) is 0 Å². The number of ether oxygens (including phenoxy) is 1. The molecule has 0 heterocycles. The van der Waals surface area contributed by atoms with Crippen molar-refractivity contribution < 1.29 is 22.5 Å². The molecule has 1 N–H and O–H groups in total. The zero-order valence-corrected chi connectivity index (χ0v) is 19.4. The second-order valence-corrected chi connectivity index (χ2v) is 12.0. The number of hydrogen-bond donors (Lipinski definition) is 1. The topological polar surface area (TPSA) is 80.7 Å². The molecule has 0 saturated heterocycles. The van der Waals surface area contributed by atoms with Gasteiger partial charge in [-0.3, -0.25) is 4.55 Å². The summed E-state index contributed by atoms with van der Waals surface area (Å²) in [6.07, 6.45) is 0. The van der Waals surface area contributed by atoms with Crippen LogP contribution in [0.2, 0.25) is 0 Å². The van der Waals surface area contributed by atoms with Crippen molar-refractivity contribution in [2.45, 2.75) is 31.6 Å². The molecule has 3 rings (SSSR count). The van der Waals surface area contributed by atoms with E-state index in [4.69, 9.17) is 4.74 Å². The zero-order chi connectivity index (χ0) is 22.6. The molecule has 0 fully saturated rings. The lowest BCUT2D eigenvalue weighted by molar-refractivity contribution is 0.180. The summed E-state index contributed by atoms with van der Waals surface area (Å²) in [6.45, 7) is 5.73. The van der Waals surface area contributed by atoms with E-state index in [1.165, 1.54) is 6.07 Å². The summed E-state index contributed by atoms with van der Waals surface area (Å²) in [6, 6.07) is 23.1. The second kappa shape index (κ2) is 9.31. The van der Waals surface area contributed by atoms with Crippen molar-refractivity contribution in [3.63, 3.8) is 0 Å². The van der Waals surface area contributed by atoms with E-state index < -0.39 is 23.1 Å². The highest BCUT2D eigenvalue weighted by Crippen LogP contribution is 2.58. The van der Waals surface area contributed by atoms with Crippen LogP contribution in [0, 0.1) is 0 Å². The van der Waals surface area contributed by atoms with E-state index in [0.717, 1.165) is 5.56 Å². The molecule has 0 spiro atoms. The van der Waals surface area contributed by atoms with Gasteiger partial charge in [0.1, 0.15) is 20.8 Å². The van der Waals surface area contributed by atoms with Crippen molar-refractivity contribution in [1.29, 1.82) is 0 Å². The fourth-order valence-corrected chi connectivity index (χ4v) is 8.74. The smallest absolute Gasteiger partial charge is 0.436 e. The maximum atomic E-state index is 13.7. The molecule has 0 radical (unpaired) electrons. The lowest BCUT2D eigenvalue weighted by Gasteiger charge is -2.25. The van der Waals surface area contributed by atoms with E-state index in [2.05, 4.69) is 0 Å². The number of carbonyl (C=O) groups is 1. The van der Waals surface area contributed by atoms with Gasteiger partial charge in [0, 0.05) is 0 Å². The Balaban J connectivity index is 2.52. The molecule has 5 nitrogen and oxygen atoms in total. The van der Waals surface area contributed by atoms with Crippen LogP contribution in [0.4, 0.5) is 4.79 Å². The van der Waals surface area contributed by atoms with Gasteiger partial charge in [-0.05, 0) is 54.8 Å². The Labute approximate surface area is 184 Å². The summed E-state index contributed by atoms with van der Waals surface area (Å²) in [4.78, 5) is 13.5. The van der Waals surface area contributed by atoms with E-state index in [-0.39, 0.29) is 22.7 Å². The van der Waals surface area contributed by atoms with Gasteiger partial charge in [0.2, 0.25) is 7.26 Å². The Kier molecular flexibility index (Phi) is 6.95. The van der Waals surface area contributed by atoms with Gasteiger partial charge in [-0.25, -0.2) is 4.79 Å². The molecule has 0 saturated carbocycles. The van der Waals surface area contributed by atoms with Gasteiger partial charge < -0.3 is 4.74 Å². The summed E-state index contributed by atoms with van der Waals surface area (Å²) < 4.78 is 40.8. The summed E-state index contributed by atoms with van der Waals surface area (Å²) in [5, 5.41) is 1.57. The number of hydrogen-bond acceptors (Lipinski definition) is 4. The minimum atomic E-state index is -4.62. The molecule has 0 aliphatic heterocycles. The van der Waals surface area contributed by atoms with Gasteiger partial charge in [-0.15, -0.1) is 0 Å². The van der Waals surface area contributed by atoms with E-state index in [1.54, 1.807) is 13.0 Å². The van der Waals surface area contributed by atoms with Gasteiger partial charge in [0.15, 0.2) is 0 Å². The SMILES string of the molecule is CCOC(=O)[P+](c1ccccc1)(c1ccccc1)c1ccc(C(C)C)cc1S(=O)(=O)O. The van der Waals surface area contributed by atoms with Crippen molar-refractivity contribution >= 4 is 39.0 Å². The Morgan fingerprint density at radius 3 is 1.87 bits per heavy atom. The highest BCUT2D eigenvalue weighted by atomic mass is 32.2. The number of carbonyl (C=O) groups excluding carboxylic acids is 1. The van der Waals surface area contributed by atoms with Crippen LogP contribution in [0.3, 0.4) is 0 Å². The summed E-state index contributed by atoms with van der Waals surface area (Å²) in [7, 11) is -7.86. The summed E-state index contributed by atoms with van der Waals surface area (Å²) in [5.41, 5.74) is 0.244. The largest absolute Gasteiger partial charge is 0.466 e. The molecule has 0 aliphatic rings. The molecule has 0 aliphatic carbocycles. The molecule has 3 aromatic carbocycles. The Bertz CT molecular complexity index is 1120. The van der Waals surface area contributed by atoms with Gasteiger partial charge in [0.25, 0.3) is 10.1 Å². The average Bonchev–Trinajstić information content (AvgIpc) is 2.75. The molecule has 7 heteroatoms. The maximum Gasteiger partial charge on any atom is 0.466 e. The molecule has 0 bridgehead atoms. The Morgan fingerprint density at radius 1 is 0.935 bits per heavy atom. The first-order valence-electron chi connectivity index (χ1n) is 10.0. The van der Waals surface area contributed by atoms with Gasteiger partial charge >= 0.3 is 5.71 Å². The predicted octanol–water partition coefficient (Wildman–Crippen LogP) is 4.51. The molecule has 31 heavy (non-hydrogen) atoms. The first kappa shape index (κ1) is 23.1. The molecule has 0 atom stereocenters. The van der Waals surface area contributed by atoms with Crippen LogP contribution < -0.4 is 15.9 Å². The molecule has 0 aromatic heterocycles. The van der Waals surface area contributed by atoms with E-state index >= 15 is 0 Å². The van der Waals surface area contributed by atoms with Crippen LogP contribution in [0.1, 0.15) is 32.3 Å². The molecule has 0 unspecified atom stereocenters. The monoisotopic (exact) mass is 457 g/mol. The highest BCUT2D eigenvalue weighted by Gasteiger charge is 2.57. The van der Waals surface area contributed by atoms with Crippen LogP contribution in [0.5, 0.6) is 0 Å². The predicted molar refractivity (Wildman–Crippen MR) is 126 cm³/mol. The van der Waals surface area contributed by atoms with E-state index in [9.17, 15) is 17.8 Å².